The molecule has 5 rings (SSSR count). The van der Waals surface area contributed by atoms with E-state index in [9.17, 15) is 19.8 Å². The van der Waals surface area contributed by atoms with Crippen molar-refractivity contribution < 1.29 is 33.7 Å². The number of allylic oxidation sites excluding steroid dienone is 4. The topological polar surface area (TPSA) is 93.1 Å². The SMILES string of the molecule is CC1(C)OC2C[C@H]3[C@@H]4CCC5=CC(=O)C=C[C@]5(C)C4(F)[C@@H](O)C[C@]3(C)[C@]2(C(=O)CO)O1. The number of alkyl halides is 1. The average Bonchev–Trinajstić information content (AvgIpc) is 3.09. The molecule has 1 saturated heterocycles. The Labute approximate surface area is 181 Å². The molecule has 0 amide bonds. The van der Waals surface area contributed by atoms with E-state index in [1.54, 1.807) is 26.8 Å². The van der Waals surface area contributed by atoms with Crippen molar-refractivity contribution in [3.05, 3.63) is 23.8 Å². The van der Waals surface area contributed by atoms with Gasteiger partial charge < -0.3 is 19.7 Å². The number of rotatable bonds is 2. The lowest BCUT2D eigenvalue weighted by molar-refractivity contribution is -0.246. The number of hydrogen-bond donors (Lipinski definition) is 2. The molecule has 4 aliphatic carbocycles. The summed E-state index contributed by atoms with van der Waals surface area (Å²) in [4.78, 5) is 25.1. The molecule has 0 aromatic heterocycles. The van der Waals surface area contributed by atoms with E-state index in [0.717, 1.165) is 5.57 Å². The standard InChI is InChI=1S/C24H31FO6/c1-20(2)30-19-10-16-15-6-5-13-9-14(27)7-8-21(13,3)23(15,25)17(28)11-22(16,4)24(19,31-20)18(29)12-26/h7-9,15-17,19,26,28H,5-6,10-12H2,1-4H3/t15-,16-,17-,19?,21-,22-,23?,24+/m0/s1. The molecule has 0 bridgehead atoms. The fourth-order valence-corrected chi connectivity index (χ4v) is 7.93. The van der Waals surface area contributed by atoms with E-state index in [2.05, 4.69) is 0 Å². The quantitative estimate of drug-likeness (QED) is 0.694. The van der Waals surface area contributed by atoms with Crippen molar-refractivity contribution in [3.63, 3.8) is 0 Å². The summed E-state index contributed by atoms with van der Waals surface area (Å²) in [6.45, 7) is 6.41. The Bertz CT molecular complexity index is 925. The molecule has 8 atom stereocenters. The lowest BCUT2D eigenvalue weighted by Gasteiger charge is -2.62. The summed E-state index contributed by atoms with van der Waals surface area (Å²) >= 11 is 0. The predicted molar refractivity (Wildman–Crippen MR) is 109 cm³/mol. The van der Waals surface area contributed by atoms with Crippen LogP contribution in [-0.2, 0) is 19.1 Å². The Hall–Kier alpha value is -1.41. The summed E-state index contributed by atoms with van der Waals surface area (Å²) in [5.41, 5.74) is -4.66. The van der Waals surface area contributed by atoms with Gasteiger partial charge in [-0.2, -0.15) is 0 Å². The van der Waals surface area contributed by atoms with Crippen LogP contribution in [0.2, 0.25) is 0 Å². The van der Waals surface area contributed by atoms with Crippen LogP contribution in [0.4, 0.5) is 4.39 Å². The molecule has 4 fully saturated rings. The number of aliphatic hydroxyl groups is 2. The number of Topliss-reactive ketones (excluding diaryl/α,β-unsaturated/α-hetero) is 1. The zero-order valence-corrected chi connectivity index (χ0v) is 18.5. The first kappa shape index (κ1) is 21.4. The molecule has 6 nitrogen and oxygen atoms in total. The van der Waals surface area contributed by atoms with Crippen LogP contribution in [0, 0.1) is 22.7 Å². The molecule has 0 aromatic rings. The lowest BCUT2D eigenvalue weighted by Crippen LogP contribution is -2.70. The number of aliphatic hydroxyl groups excluding tert-OH is 2. The number of fused-ring (bicyclic) bond motifs is 7. The molecule has 2 N–H and O–H groups in total. The van der Waals surface area contributed by atoms with Gasteiger partial charge in [0.2, 0.25) is 0 Å². The minimum Gasteiger partial charge on any atom is -0.390 e. The minimum absolute atomic E-state index is 0.0109. The summed E-state index contributed by atoms with van der Waals surface area (Å²) in [5.74, 6) is -2.46. The van der Waals surface area contributed by atoms with E-state index < -0.39 is 58.4 Å². The van der Waals surface area contributed by atoms with Gasteiger partial charge in [0.25, 0.3) is 0 Å². The van der Waals surface area contributed by atoms with Gasteiger partial charge in [0, 0.05) is 16.7 Å². The third kappa shape index (κ3) is 2.31. The van der Waals surface area contributed by atoms with Crippen molar-refractivity contribution in [2.75, 3.05) is 6.61 Å². The van der Waals surface area contributed by atoms with Crippen LogP contribution in [-0.4, -0.2) is 57.7 Å². The Kier molecular flexibility index (Phi) is 4.24. The highest BCUT2D eigenvalue weighted by atomic mass is 19.1. The molecule has 0 radical (unpaired) electrons. The van der Waals surface area contributed by atoms with Gasteiger partial charge in [-0.3, -0.25) is 9.59 Å². The van der Waals surface area contributed by atoms with E-state index >= 15 is 4.39 Å². The first-order valence-electron chi connectivity index (χ1n) is 11.2. The molecule has 3 saturated carbocycles. The number of halogens is 1. The van der Waals surface area contributed by atoms with E-state index in [4.69, 9.17) is 9.47 Å². The van der Waals surface area contributed by atoms with E-state index in [0.29, 0.717) is 19.3 Å². The van der Waals surface area contributed by atoms with E-state index in [-0.39, 0.29) is 18.1 Å². The number of ketones is 2. The van der Waals surface area contributed by atoms with Crippen LogP contribution in [0.15, 0.2) is 23.8 Å². The zero-order valence-electron chi connectivity index (χ0n) is 18.5. The summed E-state index contributed by atoms with van der Waals surface area (Å²) in [5, 5.41) is 21.2. The second-order valence-electron chi connectivity index (χ2n) is 10.9. The van der Waals surface area contributed by atoms with Crippen LogP contribution in [0.25, 0.3) is 0 Å². The van der Waals surface area contributed by atoms with Crippen molar-refractivity contribution >= 4 is 11.6 Å². The first-order chi connectivity index (χ1) is 14.4. The maximum absolute atomic E-state index is 17.1. The van der Waals surface area contributed by atoms with Gasteiger partial charge in [-0.1, -0.05) is 18.6 Å². The highest BCUT2D eigenvalue weighted by Crippen LogP contribution is 2.72. The monoisotopic (exact) mass is 434 g/mol. The molecule has 0 aromatic carbocycles. The van der Waals surface area contributed by atoms with Crippen molar-refractivity contribution in [1.29, 1.82) is 0 Å². The fraction of sp³-hybridized carbons (Fsp3) is 0.750. The highest BCUT2D eigenvalue weighted by molar-refractivity contribution is 6.01. The second kappa shape index (κ2) is 6.13. The Morgan fingerprint density at radius 3 is 2.65 bits per heavy atom. The number of ether oxygens (including phenoxy) is 2. The number of carbonyl (C=O) groups is 2. The molecular weight excluding hydrogens is 403 g/mol. The summed E-state index contributed by atoms with van der Waals surface area (Å²) in [6.07, 6.45) is 4.00. The highest BCUT2D eigenvalue weighted by Gasteiger charge is 2.79. The van der Waals surface area contributed by atoms with Crippen LogP contribution in [0.1, 0.15) is 53.4 Å². The molecular formula is C24H31FO6. The Morgan fingerprint density at radius 2 is 1.97 bits per heavy atom. The third-order valence-corrected chi connectivity index (χ3v) is 9.19. The van der Waals surface area contributed by atoms with Crippen molar-refractivity contribution in [2.24, 2.45) is 22.7 Å². The minimum atomic E-state index is -1.98. The fourth-order valence-electron chi connectivity index (χ4n) is 7.93. The lowest BCUT2D eigenvalue weighted by atomic mass is 9.44. The largest absolute Gasteiger partial charge is 0.390 e. The van der Waals surface area contributed by atoms with E-state index in [1.807, 2.05) is 6.92 Å². The van der Waals surface area contributed by atoms with Gasteiger partial charge in [-0.25, -0.2) is 4.39 Å². The van der Waals surface area contributed by atoms with Crippen LogP contribution in [0.3, 0.4) is 0 Å². The Balaban J connectivity index is 1.64. The number of hydrogen-bond acceptors (Lipinski definition) is 6. The molecule has 170 valence electrons. The van der Waals surface area contributed by atoms with Gasteiger partial charge in [0.05, 0.1) is 12.2 Å². The molecule has 0 spiro atoms. The molecule has 31 heavy (non-hydrogen) atoms. The van der Waals surface area contributed by atoms with Crippen molar-refractivity contribution in [1.82, 2.24) is 0 Å². The third-order valence-electron chi connectivity index (χ3n) is 9.19. The normalized spacial score (nSPS) is 52.1. The van der Waals surface area contributed by atoms with Crippen LogP contribution < -0.4 is 0 Å². The summed E-state index contributed by atoms with van der Waals surface area (Å²) in [7, 11) is 0. The maximum Gasteiger partial charge on any atom is 0.193 e. The molecule has 1 aliphatic heterocycles. The van der Waals surface area contributed by atoms with Crippen molar-refractivity contribution in [3.8, 4) is 0 Å². The maximum atomic E-state index is 17.1. The van der Waals surface area contributed by atoms with Gasteiger partial charge in [-0.15, -0.1) is 0 Å². The average molecular weight is 435 g/mol. The molecule has 2 unspecified atom stereocenters. The molecule has 5 aliphatic rings. The van der Waals surface area contributed by atoms with E-state index in [1.165, 1.54) is 12.2 Å². The van der Waals surface area contributed by atoms with Gasteiger partial charge in [0.15, 0.2) is 28.6 Å². The number of carbonyl (C=O) groups excluding carboxylic acids is 2. The predicted octanol–water partition coefficient (Wildman–Crippen LogP) is 2.42. The summed E-state index contributed by atoms with van der Waals surface area (Å²) < 4.78 is 29.5. The smallest absolute Gasteiger partial charge is 0.193 e. The molecule has 7 heteroatoms. The Morgan fingerprint density at radius 1 is 1.26 bits per heavy atom. The zero-order chi connectivity index (χ0) is 22.6. The van der Waals surface area contributed by atoms with Crippen LogP contribution in [0.5, 0.6) is 0 Å². The van der Waals surface area contributed by atoms with Crippen molar-refractivity contribution in [2.45, 2.75) is 82.6 Å². The first-order valence-corrected chi connectivity index (χ1v) is 11.2. The van der Waals surface area contributed by atoms with Crippen LogP contribution >= 0.6 is 0 Å². The van der Waals surface area contributed by atoms with Gasteiger partial charge in [-0.05, 0) is 64.5 Å². The summed E-state index contributed by atoms with van der Waals surface area (Å²) in [6, 6.07) is 0. The second-order valence-corrected chi connectivity index (χ2v) is 10.9. The molecule has 1 heterocycles. The van der Waals surface area contributed by atoms with Gasteiger partial charge >= 0.3 is 0 Å². The van der Waals surface area contributed by atoms with Gasteiger partial charge in [0.1, 0.15) is 6.61 Å².